The van der Waals surface area contributed by atoms with Crippen LogP contribution in [0.4, 0.5) is 10.5 Å². The molecule has 1 aromatic carbocycles. The maximum Gasteiger partial charge on any atom is 0.414 e. The van der Waals surface area contributed by atoms with Gasteiger partial charge in [-0.25, -0.2) is 4.79 Å². The Balaban J connectivity index is 1.82. The third kappa shape index (κ3) is 4.88. The first kappa shape index (κ1) is 15.5. The molecule has 1 aromatic rings. The first-order valence-electron chi connectivity index (χ1n) is 7.21. The molecule has 5 heteroatoms. The Morgan fingerprint density at radius 2 is 2.05 bits per heavy atom. The summed E-state index contributed by atoms with van der Waals surface area (Å²) in [6.45, 7) is 8.54. The highest BCUT2D eigenvalue weighted by molar-refractivity contribution is 5.87. The summed E-state index contributed by atoms with van der Waals surface area (Å²) in [4.78, 5) is 16.0. The number of ether oxygens (including phenoxy) is 2. The molecule has 0 unspecified atom stereocenters. The number of nitrogens with zero attached hydrogens (tertiary/aromatic N) is 2. The largest absolute Gasteiger partial charge is 0.448 e. The molecule has 21 heavy (non-hydrogen) atoms. The van der Waals surface area contributed by atoms with Crippen molar-refractivity contribution in [1.29, 1.82) is 0 Å². The van der Waals surface area contributed by atoms with E-state index < -0.39 is 0 Å². The Labute approximate surface area is 125 Å². The highest BCUT2D eigenvalue weighted by Gasteiger charge is 2.16. The van der Waals surface area contributed by atoms with Gasteiger partial charge in [0.1, 0.15) is 6.61 Å². The number of benzene rings is 1. The summed E-state index contributed by atoms with van der Waals surface area (Å²) in [7, 11) is 0. The molecule has 114 valence electrons. The molecular weight excluding hydrogens is 268 g/mol. The lowest BCUT2D eigenvalue weighted by Crippen LogP contribution is -2.39. The van der Waals surface area contributed by atoms with Crippen molar-refractivity contribution in [1.82, 2.24) is 4.90 Å². The average molecular weight is 290 g/mol. The Morgan fingerprint density at radius 3 is 2.71 bits per heavy atom. The molecule has 1 saturated heterocycles. The molecule has 5 nitrogen and oxygen atoms in total. The van der Waals surface area contributed by atoms with Crippen molar-refractivity contribution in [3.05, 3.63) is 43.0 Å². The molecule has 0 aliphatic carbocycles. The maximum atomic E-state index is 12.2. The van der Waals surface area contributed by atoms with E-state index in [0.717, 1.165) is 38.5 Å². The molecule has 1 aliphatic heterocycles. The maximum absolute atomic E-state index is 12.2. The molecule has 1 amide bonds. The van der Waals surface area contributed by atoms with Gasteiger partial charge in [0.05, 0.1) is 13.2 Å². The van der Waals surface area contributed by atoms with Gasteiger partial charge in [0, 0.05) is 31.9 Å². The van der Waals surface area contributed by atoms with Gasteiger partial charge >= 0.3 is 6.09 Å². The van der Waals surface area contributed by atoms with Gasteiger partial charge < -0.3 is 9.47 Å². The number of anilines is 1. The Bertz CT molecular complexity index is 444. The van der Waals surface area contributed by atoms with Crippen LogP contribution in [-0.2, 0) is 9.47 Å². The average Bonchev–Trinajstić information content (AvgIpc) is 2.54. The third-order valence-corrected chi connectivity index (χ3v) is 3.34. The van der Waals surface area contributed by atoms with Gasteiger partial charge in [0.25, 0.3) is 0 Å². The smallest absolute Gasteiger partial charge is 0.414 e. The first-order chi connectivity index (χ1) is 10.3. The lowest BCUT2D eigenvalue weighted by Gasteiger charge is -2.27. The molecule has 0 saturated carbocycles. The van der Waals surface area contributed by atoms with Crippen molar-refractivity contribution in [2.45, 2.75) is 0 Å². The number of amides is 1. The Morgan fingerprint density at radius 1 is 1.33 bits per heavy atom. The lowest BCUT2D eigenvalue weighted by atomic mass is 10.3. The summed E-state index contributed by atoms with van der Waals surface area (Å²) < 4.78 is 10.7. The number of morpholine rings is 1. The van der Waals surface area contributed by atoms with E-state index in [1.165, 1.54) is 0 Å². The molecule has 1 heterocycles. The van der Waals surface area contributed by atoms with E-state index in [0.29, 0.717) is 13.2 Å². The normalized spacial score (nSPS) is 15.4. The van der Waals surface area contributed by atoms with Crippen LogP contribution in [0.15, 0.2) is 43.0 Å². The minimum atomic E-state index is -0.339. The van der Waals surface area contributed by atoms with Crippen molar-refractivity contribution in [3.63, 3.8) is 0 Å². The van der Waals surface area contributed by atoms with Crippen LogP contribution in [0.2, 0.25) is 0 Å². The number of rotatable bonds is 6. The SMILES string of the molecule is C=CCN(C(=O)OCCN1CCOCC1)c1ccccc1. The zero-order valence-corrected chi connectivity index (χ0v) is 12.2. The second-order valence-electron chi connectivity index (χ2n) is 4.80. The van der Waals surface area contributed by atoms with E-state index in [-0.39, 0.29) is 6.09 Å². The monoisotopic (exact) mass is 290 g/mol. The second kappa shape index (κ2) is 8.44. The van der Waals surface area contributed by atoms with Crippen LogP contribution in [-0.4, -0.2) is 57.0 Å². The van der Waals surface area contributed by atoms with E-state index in [4.69, 9.17) is 9.47 Å². The molecule has 0 N–H and O–H groups in total. The standard InChI is InChI=1S/C16H22N2O3/c1-2-8-18(15-6-4-3-5-7-15)16(19)21-14-11-17-9-12-20-13-10-17/h2-7H,1,8-14H2. The molecule has 1 fully saturated rings. The summed E-state index contributed by atoms with van der Waals surface area (Å²) >= 11 is 0. The van der Waals surface area contributed by atoms with E-state index in [1.54, 1.807) is 11.0 Å². The summed E-state index contributed by atoms with van der Waals surface area (Å²) in [5, 5.41) is 0. The van der Waals surface area contributed by atoms with Crippen LogP contribution in [0.1, 0.15) is 0 Å². The topological polar surface area (TPSA) is 42.0 Å². The fourth-order valence-electron chi connectivity index (χ4n) is 2.19. The quantitative estimate of drug-likeness (QED) is 0.753. The lowest BCUT2D eigenvalue weighted by molar-refractivity contribution is 0.0286. The van der Waals surface area contributed by atoms with Gasteiger partial charge in [-0.3, -0.25) is 9.80 Å². The highest BCUT2D eigenvalue weighted by Crippen LogP contribution is 2.14. The van der Waals surface area contributed by atoms with Crippen LogP contribution >= 0.6 is 0 Å². The minimum absolute atomic E-state index is 0.339. The Hall–Kier alpha value is -1.85. The van der Waals surface area contributed by atoms with E-state index in [2.05, 4.69) is 11.5 Å². The zero-order chi connectivity index (χ0) is 14.9. The number of hydrogen-bond donors (Lipinski definition) is 0. The summed E-state index contributed by atoms with van der Waals surface area (Å²) in [6, 6.07) is 9.47. The van der Waals surface area contributed by atoms with Gasteiger partial charge in [0.2, 0.25) is 0 Å². The van der Waals surface area contributed by atoms with Gasteiger partial charge in [-0.15, -0.1) is 6.58 Å². The van der Waals surface area contributed by atoms with Gasteiger partial charge in [0.15, 0.2) is 0 Å². The zero-order valence-electron chi connectivity index (χ0n) is 12.2. The molecule has 0 spiro atoms. The van der Waals surface area contributed by atoms with Crippen LogP contribution in [0, 0.1) is 0 Å². The first-order valence-corrected chi connectivity index (χ1v) is 7.21. The van der Waals surface area contributed by atoms with Gasteiger partial charge in [-0.1, -0.05) is 24.3 Å². The molecule has 0 aromatic heterocycles. The van der Waals surface area contributed by atoms with Gasteiger partial charge in [-0.2, -0.15) is 0 Å². The molecule has 0 atom stereocenters. The van der Waals surface area contributed by atoms with Crippen molar-refractivity contribution in [2.75, 3.05) is 50.9 Å². The summed E-state index contributed by atoms with van der Waals surface area (Å²) in [5.74, 6) is 0. The molecular formula is C16H22N2O3. The molecule has 0 bridgehead atoms. The predicted molar refractivity (Wildman–Crippen MR) is 82.6 cm³/mol. The van der Waals surface area contributed by atoms with Crippen molar-refractivity contribution in [2.24, 2.45) is 0 Å². The fraction of sp³-hybridized carbons (Fsp3) is 0.438. The molecule has 1 aliphatic rings. The van der Waals surface area contributed by atoms with E-state index >= 15 is 0 Å². The number of hydrogen-bond acceptors (Lipinski definition) is 4. The van der Waals surface area contributed by atoms with Crippen molar-refractivity contribution in [3.8, 4) is 0 Å². The second-order valence-corrected chi connectivity index (χ2v) is 4.80. The van der Waals surface area contributed by atoms with Crippen LogP contribution < -0.4 is 4.90 Å². The Kier molecular flexibility index (Phi) is 6.24. The molecule has 2 rings (SSSR count). The van der Waals surface area contributed by atoms with Crippen LogP contribution in [0.25, 0.3) is 0 Å². The highest BCUT2D eigenvalue weighted by atomic mass is 16.6. The number of carbonyl (C=O) groups is 1. The van der Waals surface area contributed by atoms with Crippen molar-refractivity contribution < 1.29 is 14.3 Å². The third-order valence-electron chi connectivity index (χ3n) is 3.34. The minimum Gasteiger partial charge on any atom is -0.448 e. The number of para-hydroxylation sites is 1. The van der Waals surface area contributed by atoms with Crippen LogP contribution in [0.5, 0.6) is 0 Å². The summed E-state index contributed by atoms with van der Waals surface area (Å²) in [6.07, 6.45) is 1.35. The van der Waals surface area contributed by atoms with Gasteiger partial charge in [-0.05, 0) is 12.1 Å². The molecule has 0 radical (unpaired) electrons. The van der Waals surface area contributed by atoms with Crippen molar-refractivity contribution >= 4 is 11.8 Å². The van der Waals surface area contributed by atoms with Crippen LogP contribution in [0.3, 0.4) is 0 Å². The fourth-order valence-corrected chi connectivity index (χ4v) is 2.19. The predicted octanol–water partition coefficient (Wildman–Crippen LogP) is 2.15. The van der Waals surface area contributed by atoms with E-state index in [9.17, 15) is 4.79 Å². The summed E-state index contributed by atoms with van der Waals surface area (Å²) in [5.41, 5.74) is 0.814. The van der Waals surface area contributed by atoms with E-state index in [1.807, 2.05) is 30.3 Å². The number of carbonyl (C=O) groups excluding carboxylic acids is 1.